The fourth-order valence-electron chi connectivity index (χ4n) is 4.52. The van der Waals surface area contributed by atoms with Gasteiger partial charge in [-0.1, -0.05) is 47.3 Å². The average Bonchev–Trinajstić information content (AvgIpc) is 2.90. The third-order valence-corrected chi connectivity index (χ3v) is 8.37. The van der Waals surface area contributed by atoms with Crippen LogP contribution in [0.1, 0.15) is 44.6 Å². The molecule has 0 bridgehead atoms. The van der Waals surface area contributed by atoms with Gasteiger partial charge in [0.2, 0.25) is 21.8 Å². The Morgan fingerprint density at radius 3 is 2.29 bits per heavy atom. The Balaban J connectivity index is 1.93. The van der Waals surface area contributed by atoms with E-state index in [2.05, 4.69) is 21.2 Å². The molecule has 2 amide bonds. The Labute approximate surface area is 233 Å². The van der Waals surface area contributed by atoms with Gasteiger partial charge in [-0.2, -0.15) is 0 Å². The molecule has 1 N–H and O–H groups in total. The van der Waals surface area contributed by atoms with Crippen molar-refractivity contribution in [1.29, 1.82) is 0 Å². The predicted octanol–water partition coefficient (Wildman–Crippen LogP) is 4.10. The van der Waals surface area contributed by atoms with Gasteiger partial charge in [0.1, 0.15) is 24.1 Å². The Hall–Kier alpha value is -2.79. The van der Waals surface area contributed by atoms with E-state index in [0.29, 0.717) is 5.75 Å². The van der Waals surface area contributed by atoms with Crippen molar-refractivity contribution >= 4 is 43.5 Å². The van der Waals surface area contributed by atoms with E-state index in [9.17, 15) is 18.0 Å². The number of carbonyl (C=O) groups is 2. The van der Waals surface area contributed by atoms with Crippen LogP contribution in [0, 0.1) is 0 Å². The molecule has 1 aliphatic rings. The summed E-state index contributed by atoms with van der Waals surface area (Å²) in [7, 11) is -1.02. The van der Waals surface area contributed by atoms with Crippen LogP contribution in [0.2, 0.25) is 0 Å². The largest absolute Gasteiger partial charge is 0.497 e. The second-order valence-corrected chi connectivity index (χ2v) is 12.3. The van der Waals surface area contributed by atoms with Crippen molar-refractivity contribution in [2.24, 2.45) is 0 Å². The molecule has 1 fully saturated rings. The highest BCUT2D eigenvalue weighted by Gasteiger charge is 2.32. The Morgan fingerprint density at radius 1 is 1.05 bits per heavy atom. The lowest BCUT2D eigenvalue weighted by Gasteiger charge is -2.33. The molecule has 0 saturated heterocycles. The van der Waals surface area contributed by atoms with Crippen molar-refractivity contribution in [3.8, 4) is 11.5 Å². The number of rotatable bonds is 11. The number of halogens is 1. The summed E-state index contributed by atoms with van der Waals surface area (Å²) in [6.07, 6.45) is 6.13. The van der Waals surface area contributed by atoms with E-state index in [1.807, 2.05) is 24.3 Å². The second-order valence-electron chi connectivity index (χ2n) is 9.48. The predicted molar refractivity (Wildman–Crippen MR) is 151 cm³/mol. The Morgan fingerprint density at radius 2 is 1.71 bits per heavy atom. The molecule has 3 rings (SSSR count). The van der Waals surface area contributed by atoms with E-state index in [1.165, 1.54) is 25.2 Å². The van der Waals surface area contributed by atoms with Crippen molar-refractivity contribution in [2.45, 2.75) is 57.7 Å². The summed E-state index contributed by atoms with van der Waals surface area (Å²) in [5.74, 6) is -0.0952. The van der Waals surface area contributed by atoms with Gasteiger partial charge in [-0.15, -0.1) is 0 Å². The number of benzene rings is 2. The molecule has 0 radical (unpaired) electrons. The molecule has 0 heterocycles. The van der Waals surface area contributed by atoms with Gasteiger partial charge in [-0.05, 0) is 49.6 Å². The third-order valence-electron chi connectivity index (χ3n) is 6.72. The molecule has 2 aromatic carbocycles. The minimum absolute atomic E-state index is 0.0805. The van der Waals surface area contributed by atoms with Crippen LogP contribution in [-0.4, -0.2) is 64.2 Å². The Kier molecular flexibility index (Phi) is 10.4. The maximum absolute atomic E-state index is 13.8. The molecule has 1 atom stereocenters. The minimum Gasteiger partial charge on any atom is -0.497 e. The normalized spacial score (nSPS) is 14.9. The molecule has 1 saturated carbocycles. The van der Waals surface area contributed by atoms with Crippen molar-refractivity contribution in [3.05, 3.63) is 52.5 Å². The summed E-state index contributed by atoms with van der Waals surface area (Å²) in [6.45, 7) is 1.30. The second kappa shape index (κ2) is 13.3. The molecule has 11 heteroatoms. The van der Waals surface area contributed by atoms with Crippen LogP contribution < -0.4 is 19.1 Å². The van der Waals surface area contributed by atoms with Crippen LogP contribution in [0.15, 0.2) is 46.9 Å². The van der Waals surface area contributed by atoms with Crippen LogP contribution in [-0.2, 0) is 26.2 Å². The third kappa shape index (κ3) is 7.86. The van der Waals surface area contributed by atoms with Gasteiger partial charge in [-0.25, -0.2) is 8.42 Å². The first kappa shape index (κ1) is 29.8. The molecule has 9 nitrogen and oxygen atoms in total. The molecule has 0 aromatic heterocycles. The molecule has 1 aliphatic carbocycles. The van der Waals surface area contributed by atoms with Crippen molar-refractivity contribution in [1.82, 2.24) is 10.2 Å². The van der Waals surface area contributed by atoms with Crippen LogP contribution in [0.5, 0.6) is 11.5 Å². The maximum atomic E-state index is 13.8. The van der Waals surface area contributed by atoms with E-state index in [4.69, 9.17) is 9.47 Å². The van der Waals surface area contributed by atoms with Gasteiger partial charge in [0.25, 0.3) is 0 Å². The number of sulfonamides is 1. The molecule has 0 unspecified atom stereocenters. The molecule has 208 valence electrons. The van der Waals surface area contributed by atoms with Crippen molar-refractivity contribution < 1.29 is 27.5 Å². The summed E-state index contributed by atoms with van der Waals surface area (Å²) < 4.78 is 38.3. The highest BCUT2D eigenvalue weighted by molar-refractivity contribution is 9.10. The zero-order valence-electron chi connectivity index (χ0n) is 22.3. The maximum Gasteiger partial charge on any atom is 0.244 e. The number of methoxy groups -OCH3 is 2. The molecular weight excluding hydrogens is 574 g/mol. The lowest BCUT2D eigenvalue weighted by Crippen LogP contribution is -2.53. The quantitative estimate of drug-likeness (QED) is 0.411. The lowest BCUT2D eigenvalue weighted by atomic mass is 9.95. The van der Waals surface area contributed by atoms with Gasteiger partial charge in [0.15, 0.2) is 0 Å². The van der Waals surface area contributed by atoms with E-state index in [1.54, 1.807) is 19.1 Å². The van der Waals surface area contributed by atoms with Gasteiger partial charge >= 0.3 is 0 Å². The molecule has 0 aliphatic heterocycles. The van der Waals surface area contributed by atoms with Gasteiger partial charge in [0.05, 0.1) is 26.2 Å². The monoisotopic (exact) mass is 609 g/mol. The number of nitrogens with one attached hydrogen (secondary N) is 1. The number of hydrogen-bond donors (Lipinski definition) is 1. The van der Waals surface area contributed by atoms with Crippen LogP contribution >= 0.6 is 15.9 Å². The zero-order chi connectivity index (χ0) is 27.9. The van der Waals surface area contributed by atoms with Gasteiger partial charge in [0, 0.05) is 23.1 Å². The lowest BCUT2D eigenvalue weighted by molar-refractivity contribution is -0.139. The summed E-state index contributed by atoms with van der Waals surface area (Å²) in [5.41, 5.74) is 0.981. The average molecular weight is 611 g/mol. The van der Waals surface area contributed by atoms with E-state index in [0.717, 1.165) is 52.7 Å². The smallest absolute Gasteiger partial charge is 0.244 e. The standard InChI is InChI=1S/C27H36BrN3O6S/c1-19(27(33)29-22-8-6-5-7-9-22)30(17-20-10-12-21(28)13-11-20)26(32)18-31(38(4,34)35)24-16-23(36-2)14-15-25(24)37-3/h10-16,19,22H,5-9,17-18H2,1-4H3,(H,29,33)/t19-/m1/s1. The van der Waals surface area contributed by atoms with E-state index < -0.39 is 28.5 Å². The first-order chi connectivity index (χ1) is 18.0. The van der Waals surface area contributed by atoms with Gasteiger partial charge in [-0.3, -0.25) is 13.9 Å². The summed E-state index contributed by atoms with van der Waals surface area (Å²) in [4.78, 5) is 28.5. The number of anilines is 1. The number of amides is 2. The topological polar surface area (TPSA) is 105 Å². The SMILES string of the molecule is COc1ccc(OC)c(N(CC(=O)N(Cc2ccc(Br)cc2)[C@H](C)C(=O)NC2CCCCC2)S(C)(=O)=O)c1. The molecular formula is C27H36BrN3O6S. The number of hydrogen-bond acceptors (Lipinski definition) is 6. The summed E-state index contributed by atoms with van der Waals surface area (Å²) in [5, 5.41) is 3.09. The first-order valence-corrected chi connectivity index (χ1v) is 15.2. The minimum atomic E-state index is -3.91. The number of ether oxygens (including phenoxy) is 2. The Bertz CT molecular complexity index is 1220. The highest BCUT2D eigenvalue weighted by atomic mass is 79.9. The zero-order valence-corrected chi connectivity index (χ0v) is 24.7. The highest BCUT2D eigenvalue weighted by Crippen LogP contribution is 2.34. The first-order valence-electron chi connectivity index (χ1n) is 12.6. The van der Waals surface area contributed by atoms with Crippen LogP contribution in [0.25, 0.3) is 0 Å². The van der Waals surface area contributed by atoms with Gasteiger partial charge < -0.3 is 19.7 Å². The van der Waals surface area contributed by atoms with Crippen molar-refractivity contribution in [2.75, 3.05) is 31.3 Å². The molecule has 0 spiro atoms. The summed E-state index contributed by atoms with van der Waals surface area (Å²) >= 11 is 3.41. The van der Waals surface area contributed by atoms with E-state index in [-0.39, 0.29) is 29.9 Å². The van der Waals surface area contributed by atoms with E-state index >= 15 is 0 Å². The molecule has 38 heavy (non-hydrogen) atoms. The number of carbonyl (C=O) groups excluding carboxylic acids is 2. The fourth-order valence-corrected chi connectivity index (χ4v) is 5.63. The fraction of sp³-hybridized carbons (Fsp3) is 0.481. The van der Waals surface area contributed by atoms with Crippen LogP contribution in [0.4, 0.5) is 5.69 Å². The molecule has 2 aromatic rings. The number of nitrogens with zero attached hydrogens (tertiary/aromatic N) is 2. The summed E-state index contributed by atoms with van der Waals surface area (Å²) in [6, 6.07) is 11.4. The van der Waals surface area contributed by atoms with Crippen LogP contribution in [0.3, 0.4) is 0 Å². The van der Waals surface area contributed by atoms with Crippen molar-refractivity contribution in [3.63, 3.8) is 0 Å².